The molecule has 1 aromatic heterocycles. The Kier molecular flexibility index (Phi) is 4.90. The van der Waals surface area contributed by atoms with Crippen LogP contribution in [0.2, 0.25) is 0 Å². The lowest BCUT2D eigenvalue weighted by atomic mass is 9.98. The molecular formula is C23H25N3O. The molecule has 2 aromatic carbocycles. The average Bonchev–Trinajstić information content (AvgIpc) is 2.72. The molecule has 0 radical (unpaired) electrons. The Morgan fingerprint density at radius 1 is 1.15 bits per heavy atom. The van der Waals surface area contributed by atoms with Crippen LogP contribution in [0.25, 0.3) is 10.8 Å². The number of pyridine rings is 1. The van der Waals surface area contributed by atoms with Crippen LogP contribution in [0.3, 0.4) is 0 Å². The Labute approximate surface area is 160 Å². The Hall–Kier alpha value is -2.72. The van der Waals surface area contributed by atoms with Crippen molar-refractivity contribution >= 4 is 16.7 Å². The Morgan fingerprint density at radius 3 is 2.81 bits per heavy atom. The van der Waals surface area contributed by atoms with Gasteiger partial charge in [0.1, 0.15) is 0 Å². The highest BCUT2D eigenvalue weighted by Crippen LogP contribution is 2.22. The molecule has 0 spiro atoms. The van der Waals surface area contributed by atoms with E-state index in [-0.39, 0.29) is 11.9 Å². The number of rotatable bonds is 4. The van der Waals surface area contributed by atoms with Gasteiger partial charge in [-0.1, -0.05) is 42.5 Å². The van der Waals surface area contributed by atoms with Gasteiger partial charge in [0.2, 0.25) is 5.91 Å². The summed E-state index contributed by atoms with van der Waals surface area (Å²) in [6.45, 7) is 4.41. The third-order valence-corrected chi connectivity index (χ3v) is 5.62. The van der Waals surface area contributed by atoms with Crippen molar-refractivity contribution in [3.05, 3.63) is 77.6 Å². The SMILES string of the molecule is C[C@@H](C(=O)N(C)Cc1cccc2cnccc12)N1CCc2ccccc2C1. The number of hydrogen-bond acceptors (Lipinski definition) is 3. The van der Waals surface area contributed by atoms with Gasteiger partial charge in [-0.25, -0.2) is 0 Å². The third kappa shape index (κ3) is 3.58. The smallest absolute Gasteiger partial charge is 0.239 e. The first-order valence-electron chi connectivity index (χ1n) is 9.51. The number of benzene rings is 2. The Balaban J connectivity index is 1.47. The lowest BCUT2D eigenvalue weighted by molar-refractivity contribution is -0.136. The normalized spacial score (nSPS) is 15.3. The fraction of sp³-hybridized carbons (Fsp3) is 0.304. The van der Waals surface area contributed by atoms with E-state index in [0.29, 0.717) is 6.54 Å². The second kappa shape index (κ2) is 7.49. The summed E-state index contributed by atoms with van der Waals surface area (Å²) >= 11 is 0. The molecule has 1 atom stereocenters. The van der Waals surface area contributed by atoms with Crippen molar-refractivity contribution in [2.45, 2.75) is 32.5 Å². The highest BCUT2D eigenvalue weighted by molar-refractivity contribution is 5.86. The summed E-state index contributed by atoms with van der Waals surface area (Å²) in [6, 6.07) is 16.6. The summed E-state index contributed by atoms with van der Waals surface area (Å²) in [4.78, 5) is 21.4. The zero-order chi connectivity index (χ0) is 18.8. The molecular weight excluding hydrogens is 334 g/mol. The zero-order valence-electron chi connectivity index (χ0n) is 15.9. The highest BCUT2D eigenvalue weighted by atomic mass is 16.2. The Bertz CT molecular complexity index is 963. The van der Waals surface area contributed by atoms with Crippen molar-refractivity contribution in [2.24, 2.45) is 0 Å². The maximum atomic E-state index is 13.1. The molecule has 0 bridgehead atoms. The van der Waals surface area contributed by atoms with Crippen LogP contribution in [0.4, 0.5) is 0 Å². The van der Waals surface area contributed by atoms with E-state index in [1.54, 1.807) is 6.20 Å². The predicted molar refractivity (Wildman–Crippen MR) is 108 cm³/mol. The lowest BCUT2D eigenvalue weighted by Gasteiger charge is -2.34. The molecule has 0 fully saturated rings. The molecule has 0 aliphatic carbocycles. The molecule has 3 aromatic rings. The molecule has 4 rings (SSSR count). The number of carbonyl (C=O) groups is 1. The molecule has 4 heteroatoms. The quantitative estimate of drug-likeness (QED) is 0.714. The second-order valence-electron chi connectivity index (χ2n) is 7.37. The van der Waals surface area contributed by atoms with Gasteiger partial charge in [-0.2, -0.15) is 0 Å². The number of nitrogens with zero attached hydrogens (tertiary/aromatic N) is 3. The van der Waals surface area contributed by atoms with Crippen LogP contribution >= 0.6 is 0 Å². The molecule has 0 N–H and O–H groups in total. The monoisotopic (exact) mass is 359 g/mol. The molecule has 2 heterocycles. The van der Waals surface area contributed by atoms with Gasteiger partial charge in [0.25, 0.3) is 0 Å². The van der Waals surface area contributed by atoms with Crippen molar-refractivity contribution in [1.82, 2.24) is 14.8 Å². The van der Waals surface area contributed by atoms with E-state index in [2.05, 4.69) is 46.3 Å². The molecule has 4 nitrogen and oxygen atoms in total. The average molecular weight is 359 g/mol. The highest BCUT2D eigenvalue weighted by Gasteiger charge is 2.27. The molecule has 138 valence electrons. The van der Waals surface area contributed by atoms with Gasteiger partial charge >= 0.3 is 0 Å². The van der Waals surface area contributed by atoms with Crippen molar-refractivity contribution in [1.29, 1.82) is 0 Å². The summed E-state index contributed by atoms with van der Waals surface area (Å²) in [5.41, 5.74) is 3.90. The van der Waals surface area contributed by atoms with E-state index in [9.17, 15) is 4.79 Å². The topological polar surface area (TPSA) is 36.4 Å². The van der Waals surface area contributed by atoms with Crippen LogP contribution in [-0.4, -0.2) is 40.3 Å². The minimum absolute atomic E-state index is 0.125. The van der Waals surface area contributed by atoms with E-state index >= 15 is 0 Å². The van der Waals surface area contributed by atoms with Crippen LogP contribution in [0, 0.1) is 0 Å². The molecule has 0 saturated heterocycles. The first kappa shape index (κ1) is 17.7. The van der Waals surface area contributed by atoms with E-state index in [4.69, 9.17) is 0 Å². The van der Waals surface area contributed by atoms with Crippen molar-refractivity contribution < 1.29 is 4.79 Å². The number of aromatic nitrogens is 1. The van der Waals surface area contributed by atoms with Gasteiger partial charge in [-0.15, -0.1) is 0 Å². The van der Waals surface area contributed by atoms with Gasteiger partial charge in [0, 0.05) is 44.5 Å². The molecule has 0 saturated carbocycles. The van der Waals surface area contributed by atoms with Gasteiger partial charge in [-0.05, 0) is 41.5 Å². The summed E-state index contributed by atoms with van der Waals surface area (Å²) < 4.78 is 0. The molecule has 0 unspecified atom stereocenters. The van der Waals surface area contributed by atoms with Crippen LogP contribution in [0.1, 0.15) is 23.6 Å². The summed E-state index contributed by atoms with van der Waals surface area (Å²) in [7, 11) is 1.90. The lowest BCUT2D eigenvalue weighted by Crippen LogP contribution is -2.47. The summed E-state index contributed by atoms with van der Waals surface area (Å²) in [5.74, 6) is 0.167. The van der Waals surface area contributed by atoms with Gasteiger partial charge in [0.15, 0.2) is 0 Å². The standard InChI is InChI=1S/C23H25N3O/c1-17(26-13-11-18-6-3-4-7-20(18)16-26)23(27)25(2)15-21-9-5-8-19-14-24-12-10-22(19)21/h3-10,12,14,17H,11,13,15-16H2,1-2H3/t17-/m0/s1. The number of carbonyl (C=O) groups excluding carboxylic acids is 1. The first-order chi connectivity index (χ1) is 13.1. The zero-order valence-corrected chi connectivity index (χ0v) is 15.9. The molecule has 1 amide bonds. The first-order valence-corrected chi connectivity index (χ1v) is 9.51. The van der Waals surface area contributed by atoms with Gasteiger partial charge in [0.05, 0.1) is 6.04 Å². The van der Waals surface area contributed by atoms with Crippen molar-refractivity contribution in [3.63, 3.8) is 0 Å². The number of amides is 1. The largest absolute Gasteiger partial charge is 0.340 e. The van der Waals surface area contributed by atoms with Gasteiger partial charge in [-0.3, -0.25) is 14.7 Å². The van der Waals surface area contributed by atoms with Crippen LogP contribution in [-0.2, 0) is 24.3 Å². The third-order valence-electron chi connectivity index (χ3n) is 5.62. The molecule has 1 aliphatic heterocycles. The van der Waals surface area contributed by atoms with Crippen molar-refractivity contribution in [2.75, 3.05) is 13.6 Å². The van der Waals surface area contributed by atoms with Crippen molar-refractivity contribution in [3.8, 4) is 0 Å². The van der Waals surface area contributed by atoms with E-state index in [0.717, 1.165) is 35.8 Å². The van der Waals surface area contributed by atoms with E-state index in [1.165, 1.54) is 11.1 Å². The number of fused-ring (bicyclic) bond motifs is 2. The maximum Gasteiger partial charge on any atom is 0.239 e. The minimum atomic E-state index is -0.125. The maximum absolute atomic E-state index is 13.1. The number of likely N-dealkylation sites (N-methyl/N-ethyl adjacent to an activating group) is 1. The van der Waals surface area contributed by atoms with Crippen LogP contribution in [0.15, 0.2) is 60.9 Å². The number of hydrogen-bond donors (Lipinski definition) is 0. The Morgan fingerprint density at radius 2 is 1.96 bits per heavy atom. The fourth-order valence-electron chi connectivity index (χ4n) is 3.98. The van der Waals surface area contributed by atoms with Gasteiger partial charge < -0.3 is 4.90 Å². The van der Waals surface area contributed by atoms with E-state index in [1.807, 2.05) is 37.2 Å². The predicted octanol–water partition coefficient (Wildman–Crippen LogP) is 3.64. The van der Waals surface area contributed by atoms with E-state index < -0.39 is 0 Å². The fourth-order valence-corrected chi connectivity index (χ4v) is 3.98. The second-order valence-corrected chi connectivity index (χ2v) is 7.37. The molecule has 27 heavy (non-hydrogen) atoms. The van der Waals surface area contributed by atoms with Crippen LogP contribution in [0.5, 0.6) is 0 Å². The van der Waals surface area contributed by atoms with Crippen LogP contribution < -0.4 is 0 Å². The summed E-state index contributed by atoms with van der Waals surface area (Å²) in [6.07, 6.45) is 4.68. The molecule has 1 aliphatic rings. The summed E-state index contributed by atoms with van der Waals surface area (Å²) in [5, 5.41) is 2.27. The minimum Gasteiger partial charge on any atom is -0.340 e.